The van der Waals surface area contributed by atoms with Crippen molar-refractivity contribution in [3.8, 4) is 33.0 Å². The number of nitrogens with zero attached hydrogens (tertiary/aromatic N) is 10. The van der Waals surface area contributed by atoms with Gasteiger partial charge in [0, 0.05) is 147 Å². The molecule has 7 aliphatic rings. The van der Waals surface area contributed by atoms with Gasteiger partial charge in [0.1, 0.15) is 11.5 Å². The van der Waals surface area contributed by atoms with Crippen LogP contribution in [-0.4, -0.2) is 156 Å². The first-order valence-corrected chi connectivity index (χ1v) is 43.7. The minimum absolute atomic E-state index is 0.000251. The van der Waals surface area contributed by atoms with Gasteiger partial charge in [0.15, 0.2) is 5.76 Å². The summed E-state index contributed by atoms with van der Waals surface area (Å²) in [7, 11) is 1.86. The monoisotopic (exact) mass is 1770 g/mol. The predicted molar refractivity (Wildman–Crippen MR) is 474 cm³/mol. The summed E-state index contributed by atoms with van der Waals surface area (Å²) in [5.41, 5.74) is 15.3. The van der Waals surface area contributed by atoms with Crippen LogP contribution in [0.4, 0.5) is 15.7 Å². The van der Waals surface area contributed by atoms with E-state index in [1.165, 1.54) is 33.2 Å². The number of benzene rings is 5. The van der Waals surface area contributed by atoms with Crippen LogP contribution in [0.3, 0.4) is 0 Å². The number of thiophene rings is 3. The van der Waals surface area contributed by atoms with Gasteiger partial charge in [-0.15, -0.1) is 34.0 Å². The summed E-state index contributed by atoms with van der Waals surface area (Å²) in [4.78, 5) is 79.1. The second-order valence-electron chi connectivity index (χ2n) is 29.3. The zero-order chi connectivity index (χ0) is 83.6. The summed E-state index contributed by atoms with van der Waals surface area (Å²) in [5, 5.41) is 40.5. The van der Waals surface area contributed by atoms with E-state index in [1.807, 2.05) is 158 Å². The molecule has 5 atom stereocenters. The highest BCUT2D eigenvalue weighted by Gasteiger charge is 2.40. The van der Waals surface area contributed by atoms with Gasteiger partial charge >= 0.3 is 0 Å². The summed E-state index contributed by atoms with van der Waals surface area (Å²) in [5.74, 6) is 1.14. The fraction of sp³-hybridized carbons (Fsp3) is 0.244. The van der Waals surface area contributed by atoms with E-state index in [4.69, 9.17) is 78.5 Å². The van der Waals surface area contributed by atoms with E-state index < -0.39 is 0 Å². The lowest BCUT2D eigenvalue weighted by Crippen LogP contribution is -2.35. The molecule has 0 spiro atoms. The number of nitrogens with one attached hydrogen (secondary N) is 5. The lowest BCUT2D eigenvalue weighted by molar-refractivity contribution is 0.0795. The molecule has 614 valence electrons. The molecule has 0 bridgehead atoms. The molecule has 13 aromatic rings. The molecule has 5 unspecified atom stereocenters. The molecular weight excluding hydrogens is 1690 g/mol. The van der Waals surface area contributed by atoms with Crippen LogP contribution in [0.1, 0.15) is 161 Å². The fourth-order valence-corrected chi connectivity index (χ4v) is 20.3. The average molecular weight is 1770 g/mol. The molecule has 121 heavy (non-hydrogen) atoms. The normalized spacial score (nSPS) is 18.4. The van der Waals surface area contributed by atoms with E-state index in [9.17, 15) is 24.0 Å². The van der Waals surface area contributed by atoms with Gasteiger partial charge in [-0.05, 0) is 173 Å². The Labute approximate surface area is 734 Å². The zero-order valence-corrected chi connectivity index (χ0v) is 71.3. The molecule has 2 saturated heterocycles. The first kappa shape index (κ1) is 83.5. The molecule has 0 radical (unpaired) electrons. The molecule has 8 aromatic heterocycles. The molecular formula is C90H78Cl5N15O8S3. The number of aromatic nitrogens is 7. The molecule has 20 rings (SSSR count). The SMILES string of the molecule is CN1C(=O)c2sc(N3CCOCC3)cc2C1c1ccc(Cl)cc1.O=C1NCCC(c2ccc(Cl)cc2)c2cc(-c3ccnnc3)[nH]c21.O=C1NCCC(c2ccc(Cl)cc2)c2cc(-c3ccnnc3)oc21.O=C1NCCC(c2ccc(Cl)cc2)c2cc(-c3ccnnc3)sc21.[C-]#[N+]c1c(N2CCOCC2)sc2c1C(c1ccc(Cl)cc1)CCNC2=O. The number of fused-ring (bicyclic) bond motifs is 5. The Morgan fingerprint density at radius 1 is 0.438 bits per heavy atom. The molecule has 5 amide bonds. The van der Waals surface area contributed by atoms with Gasteiger partial charge in [-0.3, -0.25) is 24.0 Å². The Hall–Kier alpha value is -11.2. The number of amides is 5. The van der Waals surface area contributed by atoms with Crippen molar-refractivity contribution < 1.29 is 37.9 Å². The molecule has 0 saturated carbocycles. The Morgan fingerprint density at radius 3 is 1.41 bits per heavy atom. The summed E-state index contributed by atoms with van der Waals surface area (Å²) >= 11 is 34.6. The van der Waals surface area contributed by atoms with E-state index >= 15 is 0 Å². The highest BCUT2D eigenvalue weighted by molar-refractivity contribution is 7.19. The number of hydrogen-bond donors (Lipinski definition) is 5. The predicted octanol–water partition coefficient (Wildman–Crippen LogP) is 18.6. The quantitative estimate of drug-likeness (QED) is 0.0796. The minimum atomic E-state index is -0.185. The van der Waals surface area contributed by atoms with Crippen LogP contribution < -0.4 is 31.1 Å². The van der Waals surface area contributed by atoms with E-state index in [1.54, 1.807) is 54.6 Å². The Bertz CT molecular complexity index is 5550. The summed E-state index contributed by atoms with van der Waals surface area (Å²) < 4.78 is 16.7. The topological polar surface area (TPSA) is 272 Å². The lowest BCUT2D eigenvalue weighted by Gasteiger charge is -2.28. The van der Waals surface area contributed by atoms with Gasteiger partial charge in [0.25, 0.3) is 29.5 Å². The summed E-state index contributed by atoms with van der Waals surface area (Å²) in [6.45, 7) is 16.3. The molecule has 5 aromatic carbocycles. The smallest absolute Gasteiger partial charge is 0.287 e. The maximum atomic E-state index is 12.6. The van der Waals surface area contributed by atoms with Crippen molar-refractivity contribution in [3.05, 3.63) is 319 Å². The van der Waals surface area contributed by atoms with Gasteiger partial charge in [-0.25, -0.2) is 4.85 Å². The zero-order valence-electron chi connectivity index (χ0n) is 65.1. The number of morpholine rings is 2. The average Bonchev–Trinajstić information content (AvgIpc) is 1.60. The van der Waals surface area contributed by atoms with E-state index in [2.05, 4.69) is 83.6 Å². The van der Waals surface area contributed by atoms with Gasteiger partial charge in [-0.2, -0.15) is 30.6 Å². The lowest BCUT2D eigenvalue weighted by atomic mass is 9.88. The largest absolute Gasteiger partial charge is 0.451 e. The first-order chi connectivity index (χ1) is 59.0. The molecule has 0 aliphatic carbocycles. The van der Waals surface area contributed by atoms with Gasteiger partial charge < -0.3 is 54.8 Å². The number of rotatable bonds is 10. The van der Waals surface area contributed by atoms with Gasteiger partial charge in [-0.1, -0.05) is 119 Å². The van der Waals surface area contributed by atoms with Gasteiger partial charge in [0.05, 0.1) is 101 Å². The third-order valence-electron chi connectivity index (χ3n) is 22.1. The van der Waals surface area contributed by atoms with Crippen LogP contribution in [0.25, 0.3) is 37.9 Å². The highest BCUT2D eigenvalue weighted by Crippen LogP contribution is 2.51. The fourth-order valence-electron chi connectivity index (χ4n) is 16.0. The number of anilines is 2. The summed E-state index contributed by atoms with van der Waals surface area (Å²) in [6, 6.07) is 52.7. The maximum absolute atomic E-state index is 12.6. The van der Waals surface area contributed by atoms with Crippen LogP contribution in [0.5, 0.6) is 0 Å². The van der Waals surface area contributed by atoms with E-state index in [0.717, 1.165) is 162 Å². The molecule has 23 nitrogen and oxygen atoms in total. The number of furan rings is 1. The number of H-pyrrole nitrogens is 1. The van der Waals surface area contributed by atoms with Crippen molar-refractivity contribution in [1.29, 1.82) is 0 Å². The molecule has 31 heteroatoms. The molecule has 5 N–H and O–H groups in total. The Balaban J connectivity index is 0.000000112. The van der Waals surface area contributed by atoms with Crippen LogP contribution in [-0.2, 0) is 9.47 Å². The third-order valence-corrected chi connectivity index (χ3v) is 27.0. The summed E-state index contributed by atoms with van der Waals surface area (Å²) in [6.07, 6.45) is 13.2. The molecule has 15 heterocycles. The Morgan fingerprint density at radius 2 is 0.893 bits per heavy atom. The number of carbonyl (C=O) groups is 5. The van der Waals surface area contributed by atoms with Crippen molar-refractivity contribution in [1.82, 2.24) is 61.7 Å². The third kappa shape index (κ3) is 18.8. The Kier molecular flexibility index (Phi) is 26.4. The second kappa shape index (κ2) is 38.3. The number of carbonyl (C=O) groups excluding carboxylic acids is 5. The van der Waals surface area contributed by atoms with Gasteiger partial charge in [0.2, 0.25) is 5.69 Å². The molecule has 2 fully saturated rings. The van der Waals surface area contributed by atoms with Crippen molar-refractivity contribution in [3.63, 3.8) is 0 Å². The second-order valence-corrected chi connectivity index (χ2v) is 34.6. The minimum Gasteiger partial charge on any atom is -0.451 e. The maximum Gasteiger partial charge on any atom is 0.287 e. The van der Waals surface area contributed by atoms with Crippen LogP contribution >= 0.6 is 92.0 Å². The molecule has 7 aliphatic heterocycles. The van der Waals surface area contributed by atoms with Crippen molar-refractivity contribution in [2.75, 3.05) is 95.6 Å². The number of ether oxygens (including phenoxy) is 2. The number of halogens is 5. The van der Waals surface area contributed by atoms with Crippen molar-refractivity contribution >= 4 is 137 Å². The van der Waals surface area contributed by atoms with Crippen molar-refractivity contribution in [2.24, 2.45) is 0 Å². The van der Waals surface area contributed by atoms with Crippen LogP contribution in [0.2, 0.25) is 25.1 Å². The first-order valence-electron chi connectivity index (χ1n) is 39.3. The van der Waals surface area contributed by atoms with Crippen molar-refractivity contribution in [2.45, 2.75) is 55.4 Å². The highest BCUT2D eigenvalue weighted by atomic mass is 35.5. The standard InChI is InChI=1S/C19H18ClN3O2S.C18H15ClN4O.C18H14ClN3O2.C18H14ClN3OS.C17H17ClN2O2S/c1-21-16-15-14(12-2-4-13(20)5-3-12)6-7-22-18(24)17(15)26-19(16)23-8-10-25-11-9-23;19-13-3-1-11(2-4-13)14-6-7-20-18(24)17-15(14)9-16(23-17)12-5-8-21-22-10-12;2*19-13-3-1-11(2-4-13)14-6-7-20-18(23)17-15(14)9-16(24-17)12-5-8-21-22-10-12;1-19-15(11-2-4-12(18)5-3-11)13-10-14(23-16(13)17(19)21)20-6-8-22-9-7-20/h2-5,14H,6-11H2,(H,22,24);1-5,8-10,14,23H,6-7H2,(H,20,24);2*1-5,8-10,14H,6-7H2,(H,20,23);2-5,10,15H,6-9H2,1H3. The van der Waals surface area contributed by atoms with E-state index in [-0.39, 0.29) is 59.2 Å². The number of hydrogen-bond acceptors (Lipinski definition) is 19. The number of aromatic amines is 1. The van der Waals surface area contributed by atoms with E-state index in [0.29, 0.717) is 87.3 Å². The van der Waals surface area contributed by atoms with Crippen LogP contribution in [0, 0.1) is 6.57 Å². The van der Waals surface area contributed by atoms with Crippen LogP contribution in [0.15, 0.2) is 205 Å².